The van der Waals surface area contributed by atoms with Crippen molar-refractivity contribution >= 4 is 45.7 Å². The molecule has 1 aliphatic rings. The number of pyridine rings is 1. The molecule has 1 aromatic heterocycles. The summed E-state index contributed by atoms with van der Waals surface area (Å²) in [5.74, 6) is -0.744. The number of nitrogens with one attached hydrogen (secondary N) is 2. The molecule has 1 aliphatic heterocycles. The molecule has 2 heterocycles. The number of phenols is 1. The number of aromatic hydroxyl groups is 1. The number of fused-ring (bicyclic) bond motifs is 2. The van der Waals surface area contributed by atoms with Crippen LogP contribution in [0.4, 0.5) is 11.4 Å². The lowest BCUT2D eigenvalue weighted by atomic mass is 10.0. The molecular formula is C22H20N4O4. The third kappa shape index (κ3) is 3.49. The number of aliphatic hydroxyl groups excluding tert-OH is 1. The first-order valence-electron chi connectivity index (χ1n) is 9.34. The van der Waals surface area contributed by atoms with Gasteiger partial charge >= 0.3 is 0 Å². The van der Waals surface area contributed by atoms with E-state index in [-0.39, 0.29) is 11.7 Å². The summed E-state index contributed by atoms with van der Waals surface area (Å²) in [5, 5.41) is 25.7. The van der Waals surface area contributed by atoms with Crippen LogP contribution in [0.1, 0.15) is 18.1 Å². The number of benzene rings is 2. The zero-order chi connectivity index (χ0) is 21.4. The van der Waals surface area contributed by atoms with Crippen LogP contribution in [0.2, 0.25) is 0 Å². The van der Waals surface area contributed by atoms with E-state index in [0.717, 1.165) is 5.56 Å². The van der Waals surface area contributed by atoms with Crippen molar-refractivity contribution in [3.63, 3.8) is 0 Å². The van der Waals surface area contributed by atoms with Gasteiger partial charge < -0.3 is 26.6 Å². The van der Waals surface area contributed by atoms with E-state index >= 15 is 0 Å². The summed E-state index contributed by atoms with van der Waals surface area (Å²) in [5.41, 5.74) is 8.94. The van der Waals surface area contributed by atoms with Gasteiger partial charge in [-0.1, -0.05) is 12.1 Å². The lowest BCUT2D eigenvalue weighted by Crippen LogP contribution is -2.43. The van der Waals surface area contributed by atoms with E-state index in [1.165, 1.54) is 13.0 Å². The molecule has 6 N–H and O–H groups in total. The predicted octanol–water partition coefficient (Wildman–Crippen LogP) is 2.08. The number of carbonyl (C=O) groups is 2. The van der Waals surface area contributed by atoms with E-state index in [0.29, 0.717) is 33.4 Å². The molecule has 0 bridgehead atoms. The fourth-order valence-corrected chi connectivity index (χ4v) is 3.31. The minimum absolute atomic E-state index is 0.0588. The number of amides is 2. The van der Waals surface area contributed by atoms with Crippen LogP contribution in [0.15, 0.2) is 48.7 Å². The van der Waals surface area contributed by atoms with E-state index < -0.39 is 18.1 Å². The molecule has 0 unspecified atom stereocenters. The molecule has 8 nitrogen and oxygen atoms in total. The molecule has 0 spiro atoms. The molecule has 0 radical (unpaired) electrons. The fraction of sp³-hybridized carbons (Fsp3) is 0.136. The highest BCUT2D eigenvalue weighted by Crippen LogP contribution is 2.36. The van der Waals surface area contributed by atoms with Crippen molar-refractivity contribution in [3.05, 3.63) is 59.8 Å². The normalized spacial score (nSPS) is 16.2. The molecular weight excluding hydrogens is 384 g/mol. The molecule has 152 valence electrons. The van der Waals surface area contributed by atoms with Gasteiger partial charge in [0.2, 0.25) is 5.91 Å². The number of nitrogens with two attached hydrogens (primary N) is 1. The average molecular weight is 404 g/mol. The smallest absolute Gasteiger partial charge is 0.256 e. The summed E-state index contributed by atoms with van der Waals surface area (Å²) < 4.78 is 0. The number of aliphatic hydroxyl groups is 1. The Hall–Kier alpha value is -3.75. The molecule has 0 saturated carbocycles. The van der Waals surface area contributed by atoms with Gasteiger partial charge in [0.05, 0.1) is 6.10 Å². The molecule has 0 aliphatic carbocycles. The quantitative estimate of drug-likeness (QED) is 0.422. The maximum atomic E-state index is 12.6. The van der Waals surface area contributed by atoms with Crippen LogP contribution in [0.25, 0.3) is 22.6 Å². The summed E-state index contributed by atoms with van der Waals surface area (Å²) in [4.78, 5) is 28.9. The Morgan fingerprint density at radius 2 is 2.07 bits per heavy atom. The SMILES string of the molecule is C[C@@H](O)[C@H](N)C(=O)Nc1ccc2c(c1)C(=Cc1ccc(O)c3ncccc13)C(=O)N2. The Balaban J connectivity index is 1.74. The van der Waals surface area contributed by atoms with Gasteiger partial charge in [-0.2, -0.15) is 0 Å². The third-order valence-electron chi connectivity index (χ3n) is 4.97. The van der Waals surface area contributed by atoms with Crippen LogP contribution in [0.5, 0.6) is 5.75 Å². The van der Waals surface area contributed by atoms with Crippen molar-refractivity contribution in [2.45, 2.75) is 19.1 Å². The number of carbonyl (C=O) groups excluding carboxylic acids is 2. The Morgan fingerprint density at radius 1 is 1.27 bits per heavy atom. The highest BCUT2D eigenvalue weighted by Gasteiger charge is 2.26. The topological polar surface area (TPSA) is 138 Å². The lowest BCUT2D eigenvalue weighted by Gasteiger charge is -2.15. The van der Waals surface area contributed by atoms with Crippen molar-refractivity contribution in [2.75, 3.05) is 10.6 Å². The second-order valence-corrected chi connectivity index (χ2v) is 7.10. The zero-order valence-corrected chi connectivity index (χ0v) is 16.1. The van der Waals surface area contributed by atoms with Crippen molar-refractivity contribution in [1.29, 1.82) is 0 Å². The number of rotatable bonds is 4. The van der Waals surface area contributed by atoms with Gasteiger partial charge in [0.1, 0.15) is 17.3 Å². The highest BCUT2D eigenvalue weighted by atomic mass is 16.3. The highest BCUT2D eigenvalue weighted by molar-refractivity contribution is 6.35. The third-order valence-corrected chi connectivity index (χ3v) is 4.97. The first-order valence-corrected chi connectivity index (χ1v) is 9.34. The van der Waals surface area contributed by atoms with Crippen molar-refractivity contribution < 1.29 is 19.8 Å². The van der Waals surface area contributed by atoms with E-state index in [1.54, 1.807) is 42.6 Å². The van der Waals surface area contributed by atoms with Gasteiger partial charge in [-0.05, 0) is 48.9 Å². The molecule has 8 heteroatoms. The van der Waals surface area contributed by atoms with E-state index in [4.69, 9.17) is 5.73 Å². The minimum Gasteiger partial charge on any atom is -0.506 e. The van der Waals surface area contributed by atoms with Gasteiger partial charge in [-0.15, -0.1) is 0 Å². The van der Waals surface area contributed by atoms with Crippen molar-refractivity contribution in [1.82, 2.24) is 4.98 Å². The van der Waals surface area contributed by atoms with Crippen LogP contribution in [-0.2, 0) is 9.59 Å². The maximum absolute atomic E-state index is 12.6. The first-order chi connectivity index (χ1) is 14.3. The first kappa shape index (κ1) is 19.6. The predicted molar refractivity (Wildman–Crippen MR) is 115 cm³/mol. The molecule has 4 rings (SSSR count). The van der Waals surface area contributed by atoms with E-state index in [9.17, 15) is 19.8 Å². The molecule has 30 heavy (non-hydrogen) atoms. The lowest BCUT2D eigenvalue weighted by molar-refractivity contribution is -0.119. The van der Waals surface area contributed by atoms with Gasteiger partial charge in [0, 0.05) is 34.1 Å². The number of nitrogens with zero attached hydrogens (tertiary/aromatic N) is 1. The number of anilines is 2. The van der Waals surface area contributed by atoms with Gasteiger partial charge in [0.15, 0.2) is 0 Å². The molecule has 0 fully saturated rings. The molecule has 2 atom stereocenters. The number of hydrogen-bond donors (Lipinski definition) is 5. The van der Waals surface area contributed by atoms with Crippen LogP contribution in [-0.4, -0.2) is 39.2 Å². The van der Waals surface area contributed by atoms with Gasteiger partial charge in [0.25, 0.3) is 5.91 Å². The zero-order valence-electron chi connectivity index (χ0n) is 16.1. The molecule has 2 amide bonds. The van der Waals surface area contributed by atoms with Crippen molar-refractivity contribution in [3.8, 4) is 5.75 Å². The number of aromatic nitrogens is 1. The summed E-state index contributed by atoms with van der Waals surface area (Å²) in [7, 11) is 0. The summed E-state index contributed by atoms with van der Waals surface area (Å²) in [6, 6.07) is 10.8. The van der Waals surface area contributed by atoms with Crippen LogP contribution >= 0.6 is 0 Å². The van der Waals surface area contributed by atoms with Crippen molar-refractivity contribution in [2.24, 2.45) is 5.73 Å². The maximum Gasteiger partial charge on any atom is 0.256 e. The summed E-state index contributed by atoms with van der Waals surface area (Å²) in [6.45, 7) is 1.44. The fourth-order valence-electron chi connectivity index (χ4n) is 3.31. The molecule has 3 aromatic rings. The summed E-state index contributed by atoms with van der Waals surface area (Å²) >= 11 is 0. The largest absolute Gasteiger partial charge is 0.506 e. The average Bonchev–Trinajstić information content (AvgIpc) is 3.04. The Labute approximate surface area is 172 Å². The van der Waals surface area contributed by atoms with E-state index in [2.05, 4.69) is 15.6 Å². The molecule has 0 saturated heterocycles. The van der Waals surface area contributed by atoms with Crippen LogP contribution < -0.4 is 16.4 Å². The second kappa shape index (κ2) is 7.58. The second-order valence-electron chi connectivity index (χ2n) is 7.10. The van der Waals surface area contributed by atoms with Gasteiger partial charge in [-0.3, -0.25) is 14.6 Å². The Morgan fingerprint density at radius 3 is 2.83 bits per heavy atom. The minimum atomic E-state index is -1.07. The van der Waals surface area contributed by atoms with Gasteiger partial charge in [-0.25, -0.2) is 0 Å². The number of hydrogen-bond acceptors (Lipinski definition) is 6. The van der Waals surface area contributed by atoms with Crippen LogP contribution in [0.3, 0.4) is 0 Å². The Kier molecular flexibility index (Phi) is 4.94. The Bertz CT molecular complexity index is 1200. The standard InChI is InChI=1S/C22H20N4O4/c1-11(27)19(23)22(30)25-13-5-6-17-15(10-13)16(21(29)26-17)9-12-4-7-18(28)20-14(12)3-2-8-24-20/h2-11,19,27-28H,23H2,1H3,(H,25,30)(H,26,29)/t11-,19+/m1/s1. The molecule has 2 aromatic carbocycles. The number of phenolic OH excluding ortho intramolecular Hbond substituents is 1. The van der Waals surface area contributed by atoms with Crippen LogP contribution in [0, 0.1) is 0 Å². The summed E-state index contributed by atoms with van der Waals surface area (Å²) in [6.07, 6.45) is 2.32. The monoisotopic (exact) mass is 404 g/mol. The van der Waals surface area contributed by atoms with E-state index in [1.807, 2.05) is 6.07 Å².